The highest BCUT2D eigenvalue weighted by Gasteiger charge is 2.15. The van der Waals surface area contributed by atoms with E-state index in [2.05, 4.69) is 4.99 Å². The van der Waals surface area contributed by atoms with Crippen LogP contribution in [0.5, 0.6) is 0 Å². The lowest BCUT2D eigenvalue weighted by atomic mass is 10.2. The van der Waals surface area contributed by atoms with Crippen molar-refractivity contribution < 1.29 is 9.53 Å². The van der Waals surface area contributed by atoms with E-state index in [0.717, 1.165) is 12.8 Å². The summed E-state index contributed by atoms with van der Waals surface area (Å²) < 4.78 is 4.77. The van der Waals surface area contributed by atoms with Crippen molar-refractivity contribution in [3.8, 4) is 0 Å². The molecule has 0 fully saturated rings. The van der Waals surface area contributed by atoms with Gasteiger partial charge in [0.2, 0.25) is 0 Å². The van der Waals surface area contributed by atoms with Gasteiger partial charge < -0.3 is 10.5 Å². The second-order valence-corrected chi connectivity index (χ2v) is 2.62. The number of nitrogens with two attached hydrogens (primary N) is 1. The summed E-state index contributed by atoms with van der Waals surface area (Å²) in [4.78, 5) is 14.5. The molecule has 1 heterocycles. The average molecular weight is 193 g/mol. The van der Waals surface area contributed by atoms with E-state index in [-0.39, 0.29) is 24.4 Å². The molecular formula is C7H13ClN2O2. The van der Waals surface area contributed by atoms with Gasteiger partial charge in [-0.25, -0.2) is 0 Å². The number of aliphatic imine (C=N–C) groups is 1. The van der Waals surface area contributed by atoms with Crippen molar-refractivity contribution in [2.45, 2.75) is 25.8 Å². The Bertz CT molecular complexity index is 194. The second kappa shape index (κ2) is 4.98. The van der Waals surface area contributed by atoms with Crippen LogP contribution in [0.15, 0.2) is 4.99 Å². The summed E-state index contributed by atoms with van der Waals surface area (Å²) in [5.74, 6) is 0.410. The van der Waals surface area contributed by atoms with Crippen molar-refractivity contribution in [3.05, 3.63) is 0 Å². The van der Waals surface area contributed by atoms with Crippen LogP contribution in [0.25, 0.3) is 0 Å². The number of esters is 1. The third kappa shape index (κ3) is 3.57. The molecule has 0 aromatic carbocycles. The van der Waals surface area contributed by atoms with E-state index in [1.54, 1.807) is 0 Å². The first-order valence-electron chi connectivity index (χ1n) is 3.64. The number of halogens is 1. The van der Waals surface area contributed by atoms with Crippen LogP contribution in [0.1, 0.15) is 19.8 Å². The summed E-state index contributed by atoms with van der Waals surface area (Å²) >= 11 is 0. The topological polar surface area (TPSA) is 64.7 Å². The summed E-state index contributed by atoms with van der Waals surface area (Å²) in [5.41, 5.74) is 5.44. The zero-order chi connectivity index (χ0) is 8.27. The highest BCUT2D eigenvalue weighted by molar-refractivity contribution is 5.85. The summed E-state index contributed by atoms with van der Waals surface area (Å²) in [7, 11) is 0. The first kappa shape index (κ1) is 11.2. The molecular weight excluding hydrogens is 180 g/mol. The van der Waals surface area contributed by atoms with Gasteiger partial charge in [0, 0.05) is 13.3 Å². The number of amidine groups is 1. The molecule has 1 atom stereocenters. The number of carbonyl (C=O) groups excluding carboxylic acids is 1. The maximum absolute atomic E-state index is 10.4. The molecule has 0 aromatic heterocycles. The Morgan fingerprint density at radius 3 is 2.92 bits per heavy atom. The molecule has 5 heteroatoms. The summed E-state index contributed by atoms with van der Waals surface area (Å²) in [5, 5.41) is 0. The third-order valence-corrected chi connectivity index (χ3v) is 1.56. The number of hydrogen-bond donors (Lipinski definition) is 1. The molecule has 2 N–H and O–H groups in total. The van der Waals surface area contributed by atoms with Crippen molar-refractivity contribution in [1.82, 2.24) is 0 Å². The summed E-state index contributed by atoms with van der Waals surface area (Å²) in [6, 6.07) is 0.0962. The Hall–Kier alpha value is -0.770. The minimum absolute atomic E-state index is 0. The SMILES string of the molecule is CC(=O)OC[C@H]1CCC(N)=N1.Cl. The van der Waals surface area contributed by atoms with Gasteiger partial charge >= 0.3 is 5.97 Å². The van der Waals surface area contributed by atoms with Gasteiger partial charge in [0.1, 0.15) is 6.61 Å². The van der Waals surface area contributed by atoms with Crippen LogP contribution >= 0.6 is 12.4 Å². The van der Waals surface area contributed by atoms with Crippen molar-refractivity contribution >= 4 is 24.2 Å². The summed E-state index contributed by atoms with van der Waals surface area (Å²) in [6.07, 6.45) is 1.73. The van der Waals surface area contributed by atoms with Gasteiger partial charge in [0.15, 0.2) is 0 Å². The molecule has 4 nitrogen and oxygen atoms in total. The fourth-order valence-electron chi connectivity index (χ4n) is 1.01. The van der Waals surface area contributed by atoms with Crippen LogP contribution < -0.4 is 5.73 Å². The highest BCUT2D eigenvalue weighted by Crippen LogP contribution is 2.10. The van der Waals surface area contributed by atoms with Gasteiger partial charge in [-0.15, -0.1) is 12.4 Å². The van der Waals surface area contributed by atoms with Crippen LogP contribution in [0.2, 0.25) is 0 Å². The smallest absolute Gasteiger partial charge is 0.302 e. The number of rotatable bonds is 2. The monoisotopic (exact) mass is 192 g/mol. The molecule has 1 aliphatic rings. The predicted molar refractivity (Wildman–Crippen MR) is 48.5 cm³/mol. The van der Waals surface area contributed by atoms with Crippen LogP contribution in [0.3, 0.4) is 0 Å². The molecule has 1 rings (SSSR count). The lowest BCUT2D eigenvalue weighted by molar-refractivity contribution is -0.141. The number of carbonyl (C=O) groups is 1. The molecule has 0 aromatic rings. The molecule has 0 saturated carbocycles. The average Bonchev–Trinajstić information content (AvgIpc) is 2.31. The quantitative estimate of drug-likeness (QED) is 0.648. The Labute approximate surface area is 77.6 Å². The summed E-state index contributed by atoms with van der Waals surface area (Å²) in [6.45, 7) is 1.76. The van der Waals surface area contributed by atoms with E-state index in [1.807, 2.05) is 0 Å². The fraction of sp³-hybridized carbons (Fsp3) is 0.714. The van der Waals surface area contributed by atoms with Crippen molar-refractivity contribution in [2.24, 2.45) is 10.7 Å². The van der Waals surface area contributed by atoms with Crippen molar-refractivity contribution in [3.63, 3.8) is 0 Å². The predicted octanol–water partition coefficient (Wildman–Crippen LogP) is 0.491. The Morgan fingerprint density at radius 1 is 1.83 bits per heavy atom. The molecule has 0 saturated heterocycles. The zero-order valence-corrected chi connectivity index (χ0v) is 7.76. The molecule has 0 radical (unpaired) electrons. The van der Waals surface area contributed by atoms with Gasteiger partial charge in [-0.3, -0.25) is 9.79 Å². The number of hydrogen-bond acceptors (Lipinski definition) is 4. The molecule has 70 valence electrons. The first-order chi connectivity index (χ1) is 5.18. The van der Waals surface area contributed by atoms with Gasteiger partial charge in [-0.2, -0.15) is 0 Å². The zero-order valence-electron chi connectivity index (χ0n) is 6.95. The van der Waals surface area contributed by atoms with Crippen LogP contribution in [-0.4, -0.2) is 24.5 Å². The number of ether oxygens (including phenoxy) is 1. The van der Waals surface area contributed by atoms with Gasteiger partial charge in [-0.1, -0.05) is 0 Å². The van der Waals surface area contributed by atoms with Crippen LogP contribution in [0, 0.1) is 0 Å². The van der Waals surface area contributed by atoms with Crippen LogP contribution in [-0.2, 0) is 9.53 Å². The minimum Gasteiger partial charge on any atom is -0.464 e. The molecule has 12 heavy (non-hydrogen) atoms. The van der Waals surface area contributed by atoms with E-state index in [0.29, 0.717) is 12.4 Å². The minimum atomic E-state index is -0.259. The van der Waals surface area contributed by atoms with E-state index >= 15 is 0 Å². The Balaban J connectivity index is 0.00000121. The first-order valence-corrected chi connectivity index (χ1v) is 3.64. The Morgan fingerprint density at radius 2 is 2.50 bits per heavy atom. The van der Waals surface area contributed by atoms with Crippen molar-refractivity contribution in [2.75, 3.05) is 6.61 Å². The standard InChI is InChI=1S/C7H12N2O2.ClH/c1-5(10)11-4-6-2-3-7(8)9-6;/h6H,2-4H2,1H3,(H2,8,9);1H/t6-;/m1./s1. The second-order valence-electron chi connectivity index (χ2n) is 2.62. The lowest BCUT2D eigenvalue weighted by Crippen LogP contribution is -2.13. The molecule has 0 spiro atoms. The third-order valence-electron chi connectivity index (χ3n) is 1.56. The molecule has 1 aliphatic heterocycles. The van der Waals surface area contributed by atoms with E-state index in [1.165, 1.54) is 6.92 Å². The van der Waals surface area contributed by atoms with Gasteiger partial charge in [0.05, 0.1) is 11.9 Å². The van der Waals surface area contributed by atoms with E-state index < -0.39 is 0 Å². The molecule has 0 bridgehead atoms. The van der Waals surface area contributed by atoms with Gasteiger partial charge in [-0.05, 0) is 6.42 Å². The van der Waals surface area contributed by atoms with Gasteiger partial charge in [0.25, 0.3) is 0 Å². The van der Waals surface area contributed by atoms with E-state index in [9.17, 15) is 4.79 Å². The normalized spacial score (nSPS) is 21.1. The van der Waals surface area contributed by atoms with E-state index in [4.69, 9.17) is 10.5 Å². The van der Waals surface area contributed by atoms with Crippen molar-refractivity contribution in [1.29, 1.82) is 0 Å². The van der Waals surface area contributed by atoms with Crippen LogP contribution in [0.4, 0.5) is 0 Å². The molecule has 0 aliphatic carbocycles. The molecule has 0 unspecified atom stereocenters. The maximum Gasteiger partial charge on any atom is 0.302 e. The highest BCUT2D eigenvalue weighted by atomic mass is 35.5. The number of nitrogens with zero attached hydrogens (tertiary/aromatic N) is 1. The lowest BCUT2D eigenvalue weighted by Gasteiger charge is -2.04. The fourth-order valence-corrected chi connectivity index (χ4v) is 1.01. The Kier molecular flexibility index (Phi) is 4.66. The molecule has 0 amide bonds. The largest absolute Gasteiger partial charge is 0.464 e. The maximum atomic E-state index is 10.4.